The molecular weight excluding hydrogens is 240 g/mol. The summed E-state index contributed by atoms with van der Waals surface area (Å²) in [5.74, 6) is 0.750. The highest BCUT2D eigenvalue weighted by atomic mass is 16.5. The molecule has 0 bridgehead atoms. The first-order valence-electron chi connectivity index (χ1n) is 6.55. The van der Waals surface area contributed by atoms with Gasteiger partial charge in [-0.05, 0) is 42.6 Å². The summed E-state index contributed by atoms with van der Waals surface area (Å²) in [6, 6.07) is 7.29. The van der Waals surface area contributed by atoms with Gasteiger partial charge in [-0.2, -0.15) is 0 Å². The molecule has 2 N–H and O–H groups in total. The number of ether oxygens (including phenoxy) is 1. The number of benzene rings is 1. The van der Waals surface area contributed by atoms with Crippen LogP contribution in [0.3, 0.4) is 0 Å². The van der Waals surface area contributed by atoms with Gasteiger partial charge in [-0.15, -0.1) is 0 Å². The zero-order valence-corrected chi connectivity index (χ0v) is 12.2. The van der Waals surface area contributed by atoms with Crippen molar-refractivity contribution in [2.45, 2.75) is 27.2 Å². The summed E-state index contributed by atoms with van der Waals surface area (Å²) in [6.07, 6.45) is 1.04. The largest absolute Gasteiger partial charge is 0.497 e. The molecule has 1 aromatic rings. The minimum absolute atomic E-state index is 0.0286. The normalized spacial score (nSPS) is 11.2. The molecule has 0 spiro atoms. The van der Waals surface area contributed by atoms with Crippen LogP contribution >= 0.6 is 0 Å². The molecule has 1 rings (SSSR count). The zero-order valence-electron chi connectivity index (χ0n) is 12.2. The van der Waals surface area contributed by atoms with Crippen LogP contribution in [0.5, 0.6) is 5.75 Å². The number of nitrogens with one attached hydrogen (secondary N) is 2. The minimum Gasteiger partial charge on any atom is -0.497 e. The molecule has 19 heavy (non-hydrogen) atoms. The molecule has 4 heteroatoms. The summed E-state index contributed by atoms with van der Waals surface area (Å²) in [5, 5.41) is 5.98. The predicted octanol–water partition coefficient (Wildman–Crippen LogP) is 2.66. The van der Waals surface area contributed by atoms with E-state index in [0.29, 0.717) is 12.0 Å². The Hall–Kier alpha value is -1.55. The Labute approximate surface area is 115 Å². The third kappa shape index (κ3) is 6.82. The van der Waals surface area contributed by atoms with E-state index in [1.165, 1.54) is 0 Å². The Morgan fingerprint density at radius 3 is 2.37 bits per heavy atom. The highest BCUT2D eigenvalue weighted by Gasteiger charge is 2.09. The lowest BCUT2D eigenvalue weighted by Gasteiger charge is -2.17. The first kappa shape index (κ1) is 15.5. The van der Waals surface area contributed by atoms with Crippen LogP contribution in [0.2, 0.25) is 0 Å². The van der Waals surface area contributed by atoms with Gasteiger partial charge in [-0.3, -0.25) is 4.79 Å². The van der Waals surface area contributed by atoms with Crippen molar-refractivity contribution < 1.29 is 9.53 Å². The maximum absolute atomic E-state index is 11.7. The van der Waals surface area contributed by atoms with E-state index in [2.05, 4.69) is 31.4 Å². The fourth-order valence-electron chi connectivity index (χ4n) is 1.54. The Morgan fingerprint density at radius 1 is 1.21 bits per heavy atom. The summed E-state index contributed by atoms with van der Waals surface area (Å²) in [7, 11) is 1.62. The van der Waals surface area contributed by atoms with Crippen molar-refractivity contribution >= 4 is 11.6 Å². The summed E-state index contributed by atoms with van der Waals surface area (Å²) in [6.45, 7) is 7.74. The second-order valence-electron chi connectivity index (χ2n) is 5.76. The SMILES string of the molecule is COc1ccc(NC(=O)CNCCC(C)(C)C)cc1. The van der Waals surface area contributed by atoms with Crippen molar-refractivity contribution in [3.05, 3.63) is 24.3 Å². The quantitative estimate of drug-likeness (QED) is 0.777. The average Bonchev–Trinajstić information content (AvgIpc) is 2.34. The molecule has 0 radical (unpaired) electrons. The molecule has 0 saturated heterocycles. The predicted molar refractivity (Wildman–Crippen MR) is 78.6 cm³/mol. The minimum atomic E-state index is -0.0286. The number of methoxy groups -OCH3 is 1. The molecule has 0 aliphatic carbocycles. The number of hydrogen-bond donors (Lipinski definition) is 2. The van der Waals surface area contributed by atoms with Gasteiger partial charge in [-0.25, -0.2) is 0 Å². The van der Waals surface area contributed by atoms with Gasteiger partial charge >= 0.3 is 0 Å². The highest BCUT2D eigenvalue weighted by Crippen LogP contribution is 2.17. The van der Waals surface area contributed by atoms with E-state index in [1.54, 1.807) is 7.11 Å². The molecule has 0 atom stereocenters. The van der Waals surface area contributed by atoms with Crippen molar-refractivity contribution in [2.24, 2.45) is 5.41 Å². The Morgan fingerprint density at radius 2 is 1.84 bits per heavy atom. The van der Waals surface area contributed by atoms with Crippen molar-refractivity contribution in [2.75, 3.05) is 25.5 Å². The van der Waals surface area contributed by atoms with Crippen LogP contribution in [0.1, 0.15) is 27.2 Å². The van der Waals surface area contributed by atoms with E-state index in [4.69, 9.17) is 4.74 Å². The summed E-state index contributed by atoms with van der Waals surface area (Å²) < 4.78 is 5.06. The fraction of sp³-hybridized carbons (Fsp3) is 0.533. The monoisotopic (exact) mass is 264 g/mol. The summed E-state index contributed by atoms with van der Waals surface area (Å²) >= 11 is 0. The van der Waals surface area contributed by atoms with Gasteiger partial charge < -0.3 is 15.4 Å². The number of carbonyl (C=O) groups excluding carboxylic acids is 1. The average molecular weight is 264 g/mol. The van der Waals surface area contributed by atoms with E-state index in [0.717, 1.165) is 24.4 Å². The molecule has 0 aliphatic rings. The zero-order chi connectivity index (χ0) is 14.3. The summed E-state index contributed by atoms with van der Waals surface area (Å²) in [5.41, 5.74) is 1.07. The Bertz CT molecular complexity index is 394. The van der Waals surface area contributed by atoms with E-state index in [1.807, 2.05) is 24.3 Å². The summed E-state index contributed by atoms with van der Waals surface area (Å²) in [4.78, 5) is 11.7. The smallest absolute Gasteiger partial charge is 0.238 e. The number of hydrogen-bond acceptors (Lipinski definition) is 3. The van der Waals surface area contributed by atoms with Crippen LogP contribution < -0.4 is 15.4 Å². The molecule has 0 saturated carbocycles. The standard InChI is InChI=1S/C15H24N2O2/c1-15(2,3)9-10-16-11-14(18)17-12-5-7-13(19-4)8-6-12/h5-8,16H,9-11H2,1-4H3,(H,17,18). The van der Waals surface area contributed by atoms with Crippen molar-refractivity contribution in [1.29, 1.82) is 0 Å². The molecular formula is C15H24N2O2. The fourth-order valence-corrected chi connectivity index (χ4v) is 1.54. The van der Waals surface area contributed by atoms with Crippen LogP contribution in [0.15, 0.2) is 24.3 Å². The van der Waals surface area contributed by atoms with Crippen molar-refractivity contribution in [3.8, 4) is 5.75 Å². The number of amides is 1. The second-order valence-corrected chi connectivity index (χ2v) is 5.76. The first-order chi connectivity index (χ1) is 8.90. The number of anilines is 1. The van der Waals surface area contributed by atoms with Crippen LogP contribution in [0.25, 0.3) is 0 Å². The molecule has 4 nitrogen and oxygen atoms in total. The van der Waals surface area contributed by atoms with E-state index in [-0.39, 0.29) is 5.91 Å². The molecule has 0 unspecified atom stereocenters. The Kier molecular flexibility index (Phi) is 5.83. The molecule has 0 aromatic heterocycles. The van der Waals surface area contributed by atoms with Crippen molar-refractivity contribution in [1.82, 2.24) is 5.32 Å². The third-order valence-corrected chi connectivity index (χ3v) is 2.71. The molecule has 106 valence electrons. The van der Waals surface area contributed by atoms with Gasteiger partial charge in [0.1, 0.15) is 5.75 Å². The van der Waals surface area contributed by atoms with Crippen LogP contribution in [0.4, 0.5) is 5.69 Å². The second kappa shape index (κ2) is 7.14. The molecule has 0 heterocycles. The number of carbonyl (C=O) groups is 1. The van der Waals surface area contributed by atoms with Gasteiger partial charge in [0, 0.05) is 5.69 Å². The van der Waals surface area contributed by atoms with Crippen LogP contribution in [0, 0.1) is 5.41 Å². The van der Waals surface area contributed by atoms with E-state index < -0.39 is 0 Å². The lowest BCUT2D eigenvalue weighted by molar-refractivity contribution is -0.115. The van der Waals surface area contributed by atoms with Gasteiger partial charge in [0.15, 0.2) is 0 Å². The topological polar surface area (TPSA) is 50.4 Å². The van der Waals surface area contributed by atoms with Crippen LogP contribution in [-0.4, -0.2) is 26.1 Å². The maximum atomic E-state index is 11.7. The van der Waals surface area contributed by atoms with Crippen LogP contribution in [-0.2, 0) is 4.79 Å². The molecule has 0 fully saturated rings. The van der Waals surface area contributed by atoms with E-state index in [9.17, 15) is 4.79 Å². The van der Waals surface area contributed by atoms with Gasteiger partial charge in [0.2, 0.25) is 5.91 Å². The van der Waals surface area contributed by atoms with Gasteiger partial charge in [0.25, 0.3) is 0 Å². The van der Waals surface area contributed by atoms with Crippen molar-refractivity contribution in [3.63, 3.8) is 0 Å². The van der Waals surface area contributed by atoms with E-state index >= 15 is 0 Å². The highest BCUT2D eigenvalue weighted by molar-refractivity contribution is 5.92. The number of rotatable bonds is 6. The lowest BCUT2D eigenvalue weighted by atomic mass is 9.92. The maximum Gasteiger partial charge on any atom is 0.238 e. The van der Waals surface area contributed by atoms with Gasteiger partial charge in [0.05, 0.1) is 13.7 Å². The molecule has 1 amide bonds. The molecule has 0 aliphatic heterocycles. The third-order valence-electron chi connectivity index (χ3n) is 2.71. The lowest BCUT2D eigenvalue weighted by Crippen LogP contribution is -2.30. The Balaban J connectivity index is 2.27. The molecule has 1 aromatic carbocycles. The van der Waals surface area contributed by atoms with Gasteiger partial charge in [-0.1, -0.05) is 20.8 Å². The first-order valence-corrected chi connectivity index (χ1v) is 6.55.